The van der Waals surface area contributed by atoms with Crippen LogP contribution in [-0.2, 0) is 14.3 Å². The van der Waals surface area contributed by atoms with Gasteiger partial charge in [-0.2, -0.15) is 0 Å². The molecule has 3 nitrogen and oxygen atoms in total. The molecule has 0 saturated heterocycles. The van der Waals surface area contributed by atoms with Crippen molar-refractivity contribution in [1.29, 1.82) is 0 Å². The van der Waals surface area contributed by atoms with Gasteiger partial charge in [0.2, 0.25) is 0 Å². The van der Waals surface area contributed by atoms with Crippen molar-refractivity contribution >= 4 is 15.6 Å². The molecule has 0 aromatic rings. The van der Waals surface area contributed by atoms with Crippen LogP contribution in [0.5, 0.6) is 0 Å². The third-order valence-electron chi connectivity index (χ3n) is 0.723. The summed E-state index contributed by atoms with van der Waals surface area (Å²) in [5.41, 5.74) is 0. The van der Waals surface area contributed by atoms with Crippen LogP contribution in [0.1, 0.15) is 0 Å². The van der Waals surface area contributed by atoms with Crippen LogP contribution in [0.4, 0.5) is 0 Å². The van der Waals surface area contributed by atoms with E-state index in [2.05, 4.69) is 9.47 Å². The van der Waals surface area contributed by atoms with Gasteiger partial charge in [0.25, 0.3) is 5.95 Å². The monoisotopic (exact) mass is 146 g/mol. The molecule has 0 fully saturated rings. The summed E-state index contributed by atoms with van der Waals surface area (Å²) in [5, 5.41) is 0.0497. The van der Waals surface area contributed by atoms with Crippen LogP contribution in [0.2, 0.25) is 0 Å². The van der Waals surface area contributed by atoms with Crippen molar-refractivity contribution in [3.63, 3.8) is 0 Å². The van der Waals surface area contributed by atoms with E-state index in [4.69, 9.17) is 0 Å². The Morgan fingerprint density at radius 1 is 1.44 bits per heavy atom. The molecule has 0 aliphatic carbocycles. The summed E-state index contributed by atoms with van der Waals surface area (Å²) in [6.45, 7) is 0. The lowest BCUT2D eigenvalue weighted by Gasteiger charge is -2.00. The Bertz CT molecular complexity index is 124. The van der Waals surface area contributed by atoms with Crippen LogP contribution in [0.25, 0.3) is 0 Å². The summed E-state index contributed by atoms with van der Waals surface area (Å²) < 4.78 is 9.30. The molecule has 0 aliphatic rings. The quantitative estimate of drug-likeness (QED) is 0.291. The lowest BCUT2D eigenvalue weighted by atomic mass is 10.6. The maximum Gasteiger partial charge on any atom is 0.281 e. The van der Waals surface area contributed by atoms with Crippen LogP contribution >= 0.6 is 0 Å². The molecule has 0 atom stereocenters. The van der Waals surface area contributed by atoms with Crippen molar-refractivity contribution in [3.05, 3.63) is 12.0 Å². The van der Waals surface area contributed by atoms with Gasteiger partial charge in [-0.3, -0.25) is 0 Å². The van der Waals surface area contributed by atoms with E-state index in [0.717, 1.165) is 0 Å². The van der Waals surface area contributed by atoms with Gasteiger partial charge in [-0.25, -0.2) is 0 Å². The van der Waals surface area contributed by atoms with Gasteiger partial charge in [-0.15, -0.1) is 0 Å². The highest BCUT2D eigenvalue weighted by atomic mass is 28.1. The van der Waals surface area contributed by atoms with Crippen LogP contribution in [0.15, 0.2) is 12.0 Å². The molecule has 0 bridgehead atoms. The molecular formula is C5H10O3Si. The fourth-order valence-electron chi connectivity index (χ4n) is 0.367. The molecule has 0 unspecified atom stereocenters. The first kappa shape index (κ1) is 8.23. The molecule has 52 valence electrons. The standard InChI is InChI=1S/C5H10O3Si/c1-7-5(8-2)3-4(6)9/h3H,1-2,9H3. The molecule has 0 saturated carbocycles. The molecule has 0 heterocycles. The highest BCUT2D eigenvalue weighted by Crippen LogP contribution is 1.93. The molecule has 9 heavy (non-hydrogen) atoms. The van der Waals surface area contributed by atoms with Gasteiger partial charge in [0.1, 0.15) is 5.41 Å². The first-order valence-electron chi connectivity index (χ1n) is 2.51. The Morgan fingerprint density at radius 3 is 2.00 bits per heavy atom. The average Bonchev–Trinajstić information content (AvgIpc) is 1.82. The Balaban J connectivity index is 3.91. The Labute approximate surface area is 57.1 Å². The zero-order chi connectivity index (χ0) is 7.28. The third kappa shape index (κ3) is 3.78. The van der Waals surface area contributed by atoms with Crippen molar-refractivity contribution in [3.8, 4) is 0 Å². The molecule has 0 amide bonds. The SMILES string of the molecule is COC(=CC(=O)[SiH3])OC. The van der Waals surface area contributed by atoms with Crippen LogP contribution < -0.4 is 0 Å². The lowest BCUT2D eigenvalue weighted by Crippen LogP contribution is -1.96. The average molecular weight is 146 g/mol. The number of methoxy groups -OCH3 is 2. The van der Waals surface area contributed by atoms with E-state index in [1.807, 2.05) is 0 Å². The predicted molar refractivity (Wildman–Crippen MR) is 37.0 cm³/mol. The van der Waals surface area contributed by atoms with Gasteiger partial charge in [0, 0.05) is 0 Å². The molecule has 0 aromatic carbocycles. The van der Waals surface area contributed by atoms with Crippen molar-refractivity contribution in [2.45, 2.75) is 0 Å². The van der Waals surface area contributed by atoms with Crippen molar-refractivity contribution in [2.75, 3.05) is 14.2 Å². The number of allylic oxidation sites excluding steroid dienone is 1. The lowest BCUT2D eigenvalue weighted by molar-refractivity contribution is -0.108. The number of carbonyl (C=O) groups is 1. The first-order valence-corrected chi connectivity index (χ1v) is 3.51. The number of ether oxygens (including phenoxy) is 2. The molecule has 0 radical (unpaired) electrons. The second kappa shape index (κ2) is 4.14. The minimum Gasteiger partial charge on any atom is -0.469 e. The van der Waals surface area contributed by atoms with Crippen molar-refractivity contribution in [1.82, 2.24) is 0 Å². The Kier molecular flexibility index (Phi) is 3.78. The largest absolute Gasteiger partial charge is 0.469 e. The van der Waals surface area contributed by atoms with Crippen LogP contribution in [-0.4, -0.2) is 29.9 Å². The number of carbonyl (C=O) groups excluding carboxylic acids is 1. The van der Waals surface area contributed by atoms with E-state index < -0.39 is 0 Å². The molecule has 0 aliphatic heterocycles. The molecule has 0 rings (SSSR count). The topological polar surface area (TPSA) is 35.5 Å². The second-order valence-electron chi connectivity index (χ2n) is 1.48. The smallest absolute Gasteiger partial charge is 0.281 e. The van der Waals surface area contributed by atoms with Gasteiger partial charge in [0.05, 0.1) is 30.5 Å². The molecule has 0 aromatic heterocycles. The summed E-state index contributed by atoms with van der Waals surface area (Å²) in [6.07, 6.45) is 1.34. The fraction of sp³-hybridized carbons (Fsp3) is 0.400. The van der Waals surface area contributed by atoms with E-state index in [9.17, 15) is 4.79 Å². The first-order chi connectivity index (χ1) is 4.20. The summed E-state index contributed by atoms with van der Waals surface area (Å²) in [7, 11) is 3.42. The highest BCUT2D eigenvalue weighted by Gasteiger charge is 1.93. The van der Waals surface area contributed by atoms with Crippen LogP contribution in [0.3, 0.4) is 0 Å². The van der Waals surface area contributed by atoms with Gasteiger partial charge in [0.15, 0.2) is 0 Å². The molecular weight excluding hydrogens is 136 g/mol. The van der Waals surface area contributed by atoms with Gasteiger partial charge >= 0.3 is 0 Å². The van der Waals surface area contributed by atoms with E-state index in [1.165, 1.54) is 20.3 Å². The molecule has 0 spiro atoms. The summed E-state index contributed by atoms with van der Waals surface area (Å²) >= 11 is 0. The third-order valence-corrected chi connectivity index (χ3v) is 1.01. The zero-order valence-electron chi connectivity index (χ0n) is 5.80. The minimum atomic E-state index is 0.0497. The summed E-state index contributed by atoms with van der Waals surface area (Å²) in [6, 6.07) is 0. The Morgan fingerprint density at radius 2 is 1.89 bits per heavy atom. The van der Waals surface area contributed by atoms with Gasteiger partial charge in [-0.05, 0) is 0 Å². The summed E-state index contributed by atoms with van der Waals surface area (Å²) in [4.78, 5) is 10.4. The van der Waals surface area contributed by atoms with E-state index >= 15 is 0 Å². The maximum atomic E-state index is 10.4. The number of hydrogen-bond donors (Lipinski definition) is 0. The zero-order valence-corrected chi connectivity index (χ0v) is 7.80. The molecule has 0 N–H and O–H groups in total. The fourth-order valence-corrected chi connectivity index (χ4v) is 0.603. The van der Waals surface area contributed by atoms with E-state index in [1.54, 1.807) is 0 Å². The van der Waals surface area contributed by atoms with E-state index in [-0.39, 0.29) is 11.4 Å². The van der Waals surface area contributed by atoms with Gasteiger partial charge in [-0.1, -0.05) is 0 Å². The normalized spacial score (nSPS) is 8.22. The van der Waals surface area contributed by atoms with Gasteiger partial charge < -0.3 is 14.3 Å². The predicted octanol–water partition coefficient (Wildman–Crippen LogP) is -0.987. The maximum absolute atomic E-state index is 10.4. The van der Waals surface area contributed by atoms with Crippen LogP contribution in [0, 0.1) is 0 Å². The second-order valence-corrected chi connectivity index (χ2v) is 2.47. The summed E-state index contributed by atoms with van der Waals surface area (Å²) in [5.74, 6) is 0.273. The van der Waals surface area contributed by atoms with Crippen molar-refractivity contribution in [2.24, 2.45) is 0 Å². The highest BCUT2D eigenvalue weighted by molar-refractivity contribution is 6.60. The van der Waals surface area contributed by atoms with Crippen molar-refractivity contribution < 1.29 is 14.3 Å². The minimum absolute atomic E-state index is 0.0497. The molecule has 4 heteroatoms. The number of rotatable bonds is 3. The Hall–Kier alpha value is -0.773. The van der Waals surface area contributed by atoms with E-state index in [0.29, 0.717) is 10.2 Å². The number of hydrogen-bond acceptors (Lipinski definition) is 3.